The molecule has 0 aliphatic carbocycles. The molecule has 0 unspecified atom stereocenters. The van der Waals surface area contributed by atoms with E-state index >= 15 is 0 Å². The Kier molecular flexibility index (Phi) is 4.92. The van der Waals surface area contributed by atoms with Crippen molar-refractivity contribution in [3.05, 3.63) is 41.0 Å². The average Bonchev–Trinajstić information content (AvgIpc) is 3.24. The molecule has 0 spiro atoms. The van der Waals surface area contributed by atoms with Crippen molar-refractivity contribution in [3.8, 4) is 11.1 Å². The zero-order valence-corrected chi connectivity index (χ0v) is 13.8. The van der Waals surface area contributed by atoms with Crippen molar-refractivity contribution in [2.75, 3.05) is 19.0 Å². The number of halogens is 1. The SMILES string of the molecule is COC(=O)c1c(-c2ccc(F)cc2)csc1NC(=O)[C@@H]1CCCO1. The van der Waals surface area contributed by atoms with Gasteiger partial charge in [-0.15, -0.1) is 11.3 Å². The van der Waals surface area contributed by atoms with E-state index in [0.29, 0.717) is 29.2 Å². The van der Waals surface area contributed by atoms with Gasteiger partial charge in [0.25, 0.3) is 5.91 Å². The van der Waals surface area contributed by atoms with E-state index in [4.69, 9.17) is 9.47 Å². The molecule has 2 heterocycles. The molecule has 0 bridgehead atoms. The van der Waals surface area contributed by atoms with Gasteiger partial charge in [-0.05, 0) is 30.5 Å². The second-order valence-corrected chi connectivity index (χ2v) is 6.22. The Balaban J connectivity index is 1.93. The molecule has 1 aliphatic heterocycles. The third-order valence-corrected chi connectivity index (χ3v) is 4.69. The minimum Gasteiger partial charge on any atom is -0.465 e. The van der Waals surface area contributed by atoms with Crippen LogP contribution >= 0.6 is 11.3 Å². The first-order chi connectivity index (χ1) is 11.6. The Bertz CT molecular complexity index is 750. The molecule has 0 radical (unpaired) electrons. The first kappa shape index (κ1) is 16.6. The Labute approximate surface area is 142 Å². The van der Waals surface area contributed by atoms with Crippen LogP contribution in [0.3, 0.4) is 0 Å². The molecule has 1 atom stereocenters. The number of benzene rings is 1. The predicted octanol–water partition coefficient (Wildman–Crippen LogP) is 3.46. The number of hydrogen-bond acceptors (Lipinski definition) is 5. The van der Waals surface area contributed by atoms with Crippen molar-refractivity contribution in [3.63, 3.8) is 0 Å². The van der Waals surface area contributed by atoms with Gasteiger partial charge >= 0.3 is 5.97 Å². The van der Waals surface area contributed by atoms with Gasteiger partial charge in [0.05, 0.1) is 7.11 Å². The van der Waals surface area contributed by atoms with Crippen molar-refractivity contribution in [1.29, 1.82) is 0 Å². The van der Waals surface area contributed by atoms with Crippen LogP contribution in [0.2, 0.25) is 0 Å². The smallest absolute Gasteiger partial charge is 0.341 e. The lowest BCUT2D eigenvalue weighted by Crippen LogP contribution is -2.27. The quantitative estimate of drug-likeness (QED) is 0.859. The number of anilines is 1. The highest BCUT2D eigenvalue weighted by Gasteiger charge is 2.27. The lowest BCUT2D eigenvalue weighted by Gasteiger charge is -2.11. The van der Waals surface area contributed by atoms with Crippen LogP contribution < -0.4 is 5.32 Å². The molecule has 1 amide bonds. The highest BCUT2D eigenvalue weighted by Crippen LogP contribution is 2.36. The van der Waals surface area contributed by atoms with E-state index < -0.39 is 12.1 Å². The van der Waals surface area contributed by atoms with Gasteiger partial charge < -0.3 is 14.8 Å². The van der Waals surface area contributed by atoms with Crippen molar-refractivity contribution in [1.82, 2.24) is 0 Å². The summed E-state index contributed by atoms with van der Waals surface area (Å²) in [5.74, 6) is -1.19. The second-order valence-electron chi connectivity index (χ2n) is 5.34. The fourth-order valence-corrected chi connectivity index (χ4v) is 3.53. The van der Waals surface area contributed by atoms with Gasteiger partial charge in [0.1, 0.15) is 22.5 Å². The summed E-state index contributed by atoms with van der Waals surface area (Å²) < 4.78 is 23.3. The van der Waals surface area contributed by atoms with Crippen molar-refractivity contribution in [2.45, 2.75) is 18.9 Å². The molecule has 3 rings (SSSR count). The molecule has 5 nitrogen and oxygen atoms in total. The number of hydrogen-bond donors (Lipinski definition) is 1. The van der Waals surface area contributed by atoms with E-state index in [0.717, 1.165) is 6.42 Å². The molecule has 1 N–H and O–H groups in total. The van der Waals surface area contributed by atoms with Crippen LogP contribution in [0.1, 0.15) is 23.2 Å². The Morgan fingerprint density at radius 3 is 2.71 bits per heavy atom. The number of amides is 1. The number of carbonyl (C=O) groups excluding carboxylic acids is 2. The monoisotopic (exact) mass is 349 g/mol. The van der Waals surface area contributed by atoms with Gasteiger partial charge in [0, 0.05) is 17.6 Å². The maximum Gasteiger partial charge on any atom is 0.341 e. The number of esters is 1. The first-order valence-electron chi connectivity index (χ1n) is 7.48. The van der Waals surface area contributed by atoms with Gasteiger partial charge in [-0.1, -0.05) is 12.1 Å². The molecule has 1 aromatic carbocycles. The van der Waals surface area contributed by atoms with Crippen LogP contribution in [-0.2, 0) is 14.3 Å². The summed E-state index contributed by atoms with van der Waals surface area (Å²) in [7, 11) is 1.28. The third-order valence-electron chi connectivity index (χ3n) is 3.79. The van der Waals surface area contributed by atoms with Gasteiger partial charge in [-0.2, -0.15) is 0 Å². The van der Waals surface area contributed by atoms with E-state index in [2.05, 4.69) is 5.32 Å². The molecule has 0 saturated carbocycles. The molecule has 1 fully saturated rings. The fraction of sp³-hybridized carbons (Fsp3) is 0.294. The molecular formula is C17H16FNO4S. The Hall–Kier alpha value is -2.25. The van der Waals surface area contributed by atoms with Crippen molar-refractivity contribution >= 4 is 28.2 Å². The molecule has 2 aromatic rings. The molecule has 126 valence electrons. The Morgan fingerprint density at radius 1 is 1.33 bits per heavy atom. The average molecular weight is 349 g/mol. The lowest BCUT2D eigenvalue weighted by atomic mass is 10.0. The summed E-state index contributed by atoms with van der Waals surface area (Å²) in [5, 5.41) is 4.89. The fourth-order valence-electron chi connectivity index (χ4n) is 2.57. The Morgan fingerprint density at radius 2 is 2.08 bits per heavy atom. The summed E-state index contributed by atoms with van der Waals surface area (Å²) in [6.45, 7) is 0.563. The minimum absolute atomic E-state index is 0.264. The summed E-state index contributed by atoms with van der Waals surface area (Å²) in [6, 6.07) is 5.79. The molecule has 1 aromatic heterocycles. The molecule has 7 heteroatoms. The summed E-state index contributed by atoms with van der Waals surface area (Å²) in [5.41, 5.74) is 1.53. The van der Waals surface area contributed by atoms with Crippen LogP contribution in [0.5, 0.6) is 0 Å². The van der Waals surface area contributed by atoms with Crippen LogP contribution in [0.25, 0.3) is 11.1 Å². The normalized spacial score (nSPS) is 16.8. The number of thiophene rings is 1. The maximum atomic E-state index is 13.1. The molecule has 1 saturated heterocycles. The number of methoxy groups -OCH3 is 1. The number of rotatable bonds is 4. The highest BCUT2D eigenvalue weighted by atomic mass is 32.1. The van der Waals surface area contributed by atoms with Crippen molar-refractivity contribution in [2.24, 2.45) is 0 Å². The van der Waals surface area contributed by atoms with E-state index in [1.807, 2.05) is 0 Å². The van der Waals surface area contributed by atoms with Crippen LogP contribution in [-0.4, -0.2) is 31.7 Å². The van der Waals surface area contributed by atoms with Crippen LogP contribution in [0.15, 0.2) is 29.6 Å². The van der Waals surface area contributed by atoms with E-state index in [-0.39, 0.29) is 17.3 Å². The van der Waals surface area contributed by atoms with Gasteiger partial charge in [-0.25, -0.2) is 9.18 Å². The number of carbonyl (C=O) groups is 2. The van der Waals surface area contributed by atoms with Crippen molar-refractivity contribution < 1.29 is 23.5 Å². The third kappa shape index (κ3) is 3.32. The lowest BCUT2D eigenvalue weighted by molar-refractivity contribution is -0.124. The summed E-state index contributed by atoms with van der Waals surface area (Å²) in [6.07, 6.45) is 1.01. The van der Waals surface area contributed by atoms with Gasteiger partial charge in [-0.3, -0.25) is 4.79 Å². The zero-order chi connectivity index (χ0) is 17.1. The zero-order valence-electron chi connectivity index (χ0n) is 13.0. The van der Waals surface area contributed by atoms with Crippen LogP contribution in [0, 0.1) is 5.82 Å². The van der Waals surface area contributed by atoms with E-state index in [1.54, 1.807) is 17.5 Å². The second kappa shape index (κ2) is 7.11. The van der Waals surface area contributed by atoms with Gasteiger partial charge in [0.2, 0.25) is 0 Å². The van der Waals surface area contributed by atoms with Gasteiger partial charge in [0.15, 0.2) is 0 Å². The number of ether oxygens (including phenoxy) is 2. The highest BCUT2D eigenvalue weighted by molar-refractivity contribution is 7.15. The first-order valence-corrected chi connectivity index (χ1v) is 8.36. The number of nitrogens with one attached hydrogen (secondary N) is 1. The van der Waals surface area contributed by atoms with Crippen LogP contribution in [0.4, 0.5) is 9.39 Å². The topological polar surface area (TPSA) is 64.6 Å². The minimum atomic E-state index is -0.557. The summed E-state index contributed by atoms with van der Waals surface area (Å²) in [4.78, 5) is 24.4. The van der Waals surface area contributed by atoms with E-state index in [1.165, 1.54) is 30.6 Å². The largest absolute Gasteiger partial charge is 0.465 e. The molecule has 24 heavy (non-hydrogen) atoms. The maximum absolute atomic E-state index is 13.1. The predicted molar refractivity (Wildman–Crippen MR) is 88.7 cm³/mol. The summed E-state index contributed by atoms with van der Waals surface area (Å²) >= 11 is 1.22. The molecular weight excluding hydrogens is 333 g/mol. The standard InChI is InChI=1S/C17H16FNO4S/c1-22-17(21)14-12(10-4-6-11(18)7-5-10)9-24-16(14)19-15(20)13-3-2-8-23-13/h4-7,9,13H,2-3,8H2,1H3,(H,19,20)/t13-/m0/s1. The van der Waals surface area contributed by atoms with E-state index in [9.17, 15) is 14.0 Å². The molecule has 1 aliphatic rings.